The molecule has 0 bridgehead atoms. The number of hydrogen-bond acceptors (Lipinski definition) is 3. The van der Waals surface area contributed by atoms with Crippen LogP contribution in [0.1, 0.15) is 6.92 Å². The highest BCUT2D eigenvalue weighted by molar-refractivity contribution is 4.83. The Labute approximate surface area is 69.1 Å². The predicted octanol–water partition coefficient (Wildman–Crippen LogP) is -0.502. The summed E-state index contributed by atoms with van der Waals surface area (Å²) in [5.74, 6) is 0. The maximum Gasteiger partial charge on any atom is 0.0345 e. The van der Waals surface area contributed by atoms with Crippen LogP contribution in [0.15, 0.2) is 0 Å². The monoisotopic (exact) mass is 157 g/mol. The van der Waals surface area contributed by atoms with Crippen molar-refractivity contribution < 1.29 is 0 Å². The van der Waals surface area contributed by atoms with Crippen LogP contribution < -0.4 is 10.6 Å². The third-order valence-electron chi connectivity index (χ3n) is 2.53. The number of likely N-dealkylation sites (N-methyl/N-ethyl adjacent to an activating group) is 2. The number of piperazine rings is 1. The molecule has 3 heteroatoms. The molecule has 0 radical (unpaired) electrons. The highest BCUT2D eigenvalue weighted by Crippen LogP contribution is 2.05. The maximum atomic E-state index is 3.42. The van der Waals surface area contributed by atoms with E-state index in [1.54, 1.807) is 0 Å². The summed E-state index contributed by atoms with van der Waals surface area (Å²) in [4.78, 5) is 2.44. The van der Waals surface area contributed by atoms with Gasteiger partial charge in [0.2, 0.25) is 0 Å². The smallest absolute Gasteiger partial charge is 0.0345 e. The number of nitrogens with zero attached hydrogens (tertiary/aromatic N) is 1. The zero-order valence-electron chi connectivity index (χ0n) is 7.72. The molecular formula is C8H19N3. The largest absolute Gasteiger partial charge is 0.318 e. The quantitative estimate of drug-likeness (QED) is 0.566. The topological polar surface area (TPSA) is 27.3 Å². The van der Waals surface area contributed by atoms with Gasteiger partial charge < -0.3 is 10.6 Å². The van der Waals surface area contributed by atoms with Gasteiger partial charge in [0, 0.05) is 31.7 Å². The van der Waals surface area contributed by atoms with Gasteiger partial charge in [-0.2, -0.15) is 0 Å². The Bertz CT molecular complexity index is 114. The molecule has 11 heavy (non-hydrogen) atoms. The fourth-order valence-corrected chi connectivity index (χ4v) is 1.56. The first-order chi connectivity index (χ1) is 5.25. The highest BCUT2D eigenvalue weighted by Gasteiger charge is 2.22. The lowest BCUT2D eigenvalue weighted by Crippen LogP contribution is -2.57. The molecule has 2 atom stereocenters. The second kappa shape index (κ2) is 4.04. The summed E-state index contributed by atoms with van der Waals surface area (Å²) in [6.45, 7) is 5.57. The van der Waals surface area contributed by atoms with Crippen LogP contribution in [0.3, 0.4) is 0 Å². The van der Waals surface area contributed by atoms with Gasteiger partial charge in [0.25, 0.3) is 0 Å². The van der Waals surface area contributed by atoms with Crippen molar-refractivity contribution in [3.05, 3.63) is 0 Å². The van der Waals surface area contributed by atoms with Crippen LogP contribution in [0.4, 0.5) is 0 Å². The van der Waals surface area contributed by atoms with Gasteiger partial charge in [0.1, 0.15) is 0 Å². The van der Waals surface area contributed by atoms with E-state index in [-0.39, 0.29) is 0 Å². The minimum atomic E-state index is 0.656. The molecule has 3 nitrogen and oxygen atoms in total. The van der Waals surface area contributed by atoms with Gasteiger partial charge in [-0.25, -0.2) is 0 Å². The molecule has 0 aliphatic carbocycles. The average Bonchev–Trinajstić information content (AvgIpc) is 1.99. The third kappa shape index (κ3) is 2.15. The van der Waals surface area contributed by atoms with E-state index >= 15 is 0 Å². The predicted molar refractivity (Wildman–Crippen MR) is 47.8 cm³/mol. The lowest BCUT2D eigenvalue weighted by atomic mass is 10.1. The van der Waals surface area contributed by atoms with Crippen LogP contribution in [0.25, 0.3) is 0 Å². The number of rotatable bonds is 2. The lowest BCUT2D eigenvalue weighted by molar-refractivity contribution is 0.140. The number of hydrogen-bond donors (Lipinski definition) is 2. The first-order valence-electron chi connectivity index (χ1n) is 4.33. The Morgan fingerprint density at radius 1 is 1.55 bits per heavy atom. The van der Waals surface area contributed by atoms with Crippen LogP contribution in [-0.4, -0.2) is 50.7 Å². The fourth-order valence-electron chi connectivity index (χ4n) is 1.56. The summed E-state index contributed by atoms with van der Waals surface area (Å²) in [6, 6.07) is 1.32. The summed E-state index contributed by atoms with van der Waals surface area (Å²) < 4.78 is 0. The van der Waals surface area contributed by atoms with E-state index in [0.717, 1.165) is 19.6 Å². The fraction of sp³-hybridized carbons (Fsp3) is 1.00. The number of nitrogens with one attached hydrogen (secondary N) is 2. The maximum absolute atomic E-state index is 3.42. The Balaban J connectivity index is 2.38. The Morgan fingerprint density at radius 2 is 2.27 bits per heavy atom. The van der Waals surface area contributed by atoms with E-state index < -0.39 is 0 Å². The van der Waals surface area contributed by atoms with Crippen molar-refractivity contribution in [3.8, 4) is 0 Å². The molecule has 1 aliphatic rings. The molecule has 0 aromatic heterocycles. The summed E-state index contributed by atoms with van der Waals surface area (Å²) in [6.07, 6.45) is 0. The second-order valence-electron chi connectivity index (χ2n) is 3.38. The van der Waals surface area contributed by atoms with Gasteiger partial charge in [-0.1, -0.05) is 0 Å². The normalized spacial score (nSPS) is 34.1. The van der Waals surface area contributed by atoms with Crippen molar-refractivity contribution in [2.75, 3.05) is 33.7 Å². The zero-order valence-corrected chi connectivity index (χ0v) is 7.72. The lowest BCUT2D eigenvalue weighted by Gasteiger charge is -2.38. The van der Waals surface area contributed by atoms with Crippen molar-refractivity contribution in [3.63, 3.8) is 0 Å². The van der Waals surface area contributed by atoms with Gasteiger partial charge >= 0.3 is 0 Å². The van der Waals surface area contributed by atoms with Crippen LogP contribution in [0.5, 0.6) is 0 Å². The van der Waals surface area contributed by atoms with Crippen molar-refractivity contribution in [1.29, 1.82) is 0 Å². The molecule has 0 amide bonds. The van der Waals surface area contributed by atoms with E-state index in [2.05, 4.69) is 29.5 Å². The van der Waals surface area contributed by atoms with Crippen molar-refractivity contribution in [2.24, 2.45) is 0 Å². The Hall–Kier alpha value is -0.120. The minimum Gasteiger partial charge on any atom is -0.318 e. The van der Waals surface area contributed by atoms with Crippen molar-refractivity contribution >= 4 is 0 Å². The second-order valence-corrected chi connectivity index (χ2v) is 3.38. The molecule has 0 aromatic carbocycles. The van der Waals surface area contributed by atoms with Gasteiger partial charge in [0.15, 0.2) is 0 Å². The van der Waals surface area contributed by atoms with E-state index in [9.17, 15) is 0 Å². The van der Waals surface area contributed by atoms with Crippen LogP contribution >= 0.6 is 0 Å². The molecule has 2 unspecified atom stereocenters. The van der Waals surface area contributed by atoms with Gasteiger partial charge in [-0.15, -0.1) is 0 Å². The van der Waals surface area contributed by atoms with E-state index in [0.29, 0.717) is 12.1 Å². The molecule has 1 saturated heterocycles. The molecule has 2 N–H and O–H groups in total. The summed E-state index contributed by atoms with van der Waals surface area (Å²) >= 11 is 0. The molecule has 0 aromatic rings. The van der Waals surface area contributed by atoms with Crippen LogP contribution in [0.2, 0.25) is 0 Å². The third-order valence-corrected chi connectivity index (χ3v) is 2.53. The van der Waals surface area contributed by atoms with Crippen molar-refractivity contribution in [2.45, 2.75) is 19.0 Å². The van der Waals surface area contributed by atoms with Gasteiger partial charge in [-0.3, -0.25) is 4.90 Å². The molecule has 1 fully saturated rings. The summed E-state index contributed by atoms with van der Waals surface area (Å²) in [5.41, 5.74) is 0. The Morgan fingerprint density at radius 3 is 2.91 bits per heavy atom. The molecule has 0 saturated carbocycles. The summed E-state index contributed by atoms with van der Waals surface area (Å²) in [5, 5.41) is 6.62. The summed E-state index contributed by atoms with van der Waals surface area (Å²) in [7, 11) is 4.21. The van der Waals surface area contributed by atoms with E-state index in [4.69, 9.17) is 0 Å². The van der Waals surface area contributed by atoms with Gasteiger partial charge in [0.05, 0.1) is 0 Å². The Kier molecular flexibility index (Phi) is 3.30. The molecule has 66 valence electrons. The first kappa shape index (κ1) is 8.97. The molecule has 1 rings (SSSR count). The van der Waals surface area contributed by atoms with Gasteiger partial charge in [-0.05, 0) is 21.0 Å². The molecule has 1 aliphatic heterocycles. The van der Waals surface area contributed by atoms with E-state index in [1.165, 1.54) is 0 Å². The molecule has 1 heterocycles. The van der Waals surface area contributed by atoms with Crippen LogP contribution in [0, 0.1) is 0 Å². The average molecular weight is 157 g/mol. The zero-order chi connectivity index (χ0) is 8.27. The van der Waals surface area contributed by atoms with Crippen molar-refractivity contribution in [1.82, 2.24) is 15.5 Å². The highest BCUT2D eigenvalue weighted by atomic mass is 15.2. The standard InChI is InChI=1S/C8H19N3/c1-7-4-10-6-8(5-9-2)11(7)3/h7-10H,4-6H2,1-3H3. The SMILES string of the molecule is CNCC1CNCC(C)N1C. The first-order valence-corrected chi connectivity index (χ1v) is 4.33. The molecule has 0 spiro atoms. The molecular weight excluding hydrogens is 138 g/mol. The minimum absolute atomic E-state index is 0.656. The van der Waals surface area contributed by atoms with E-state index in [1.807, 2.05) is 7.05 Å². The van der Waals surface area contributed by atoms with Crippen LogP contribution in [-0.2, 0) is 0 Å².